The van der Waals surface area contributed by atoms with Gasteiger partial charge in [-0.3, -0.25) is 4.79 Å². The van der Waals surface area contributed by atoms with E-state index < -0.39 is 0 Å². The maximum Gasteiger partial charge on any atom is 0.162 e. The number of carbonyl (C=O) groups is 1. The monoisotopic (exact) mass is 336 g/mol. The SMILES string of the molecule is COc1ccc([C@H]2C(C#N)=C(C)NC3=C2C(=O)CC(C)(C)C3)cc1C. The average Bonchev–Trinajstić information content (AvgIpc) is 2.52. The van der Waals surface area contributed by atoms with Crippen LogP contribution in [0.15, 0.2) is 40.7 Å². The first-order chi connectivity index (χ1) is 11.8. The Morgan fingerprint density at radius 1 is 1.28 bits per heavy atom. The van der Waals surface area contributed by atoms with E-state index in [2.05, 4.69) is 25.2 Å². The van der Waals surface area contributed by atoms with Crippen molar-refractivity contribution in [1.82, 2.24) is 5.32 Å². The molecule has 0 aromatic heterocycles. The number of hydrogen-bond donors (Lipinski definition) is 1. The number of dihydropyridines is 1. The van der Waals surface area contributed by atoms with Crippen LogP contribution in [0.25, 0.3) is 0 Å². The molecule has 4 nitrogen and oxygen atoms in total. The number of rotatable bonds is 2. The van der Waals surface area contributed by atoms with E-state index in [0.717, 1.165) is 40.3 Å². The molecular formula is C21H24N2O2. The molecule has 0 bridgehead atoms. The number of allylic oxidation sites excluding steroid dienone is 4. The fourth-order valence-electron chi connectivity index (χ4n) is 4.00. The van der Waals surface area contributed by atoms with E-state index in [1.807, 2.05) is 32.0 Å². The molecule has 0 unspecified atom stereocenters. The molecule has 1 heterocycles. The molecule has 0 spiro atoms. The van der Waals surface area contributed by atoms with Gasteiger partial charge in [0, 0.05) is 23.4 Å². The molecule has 2 aliphatic rings. The molecular weight excluding hydrogens is 312 g/mol. The Hall–Kier alpha value is -2.54. The minimum Gasteiger partial charge on any atom is -0.496 e. The zero-order chi connectivity index (χ0) is 18.4. The lowest BCUT2D eigenvalue weighted by molar-refractivity contribution is -0.118. The topological polar surface area (TPSA) is 62.1 Å². The van der Waals surface area contributed by atoms with E-state index in [1.165, 1.54) is 0 Å². The number of nitriles is 1. The van der Waals surface area contributed by atoms with Crippen LogP contribution in [0.1, 0.15) is 50.7 Å². The molecule has 130 valence electrons. The molecule has 0 fully saturated rings. The highest BCUT2D eigenvalue weighted by Gasteiger charge is 2.41. The lowest BCUT2D eigenvalue weighted by Gasteiger charge is -2.38. The highest BCUT2D eigenvalue weighted by Crippen LogP contribution is 2.46. The second-order valence-corrected chi connectivity index (χ2v) is 7.77. The number of Topliss-reactive ketones (excluding diaryl/α,β-unsaturated/α-hetero) is 1. The Kier molecular flexibility index (Phi) is 4.20. The lowest BCUT2D eigenvalue weighted by Crippen LogP contribution is -2.36. The second kappa shape index (κ2) is 6.07. The third kappa shape index (κ3) is 2.95. The number of nitrogens with zero attached hydrogens (tertiary/aromatic N) is 1. The summed E-state index contributed by atoms with van der Waals surface area (Å²) in [6.45, 7) is 8.12. The third-order valence-electron chi connectivity index (χ3n) is 5.11. The average molecular weight is 336 g/mol. The molecule has 1 aromatic rings. The predicted octanol–water partition coefficient (Wildman–Crippen LogP) is 4.13. The molecule has 1 aliphatic carbocycles. The van der Waals surface area contributed by atoms with Crippen LogP contribution in [0.3, 0.4) is 0 Å². The van der Waals surface area contributed by atoms with Gasteiger partial charge in [0.2, 0.25) is 0 Å². The fraction of sp³-hybridized carbons (Fsp3) is 0.429. The first-order valence-corrected chi connectivity index (χ1v) is 8.56. The maximum atomic E-state index is 12.9. The normalized spacial score (nSPS) is 22.2. The molecule has 0 saturated carbocycles. The molecule has 4 heteroatoms. The summed E-state index contributed by atoms with van der Waals surface area (Å²) < 4.78 is 5.35. The highest BCUT2D eigenvalue weighted by molar-refractivity contribution is 6.00. The predicted molar refractivity (Wildman–Crippen MR) is 97.0 cm³/mol. The molecule has 1 N–H and O–H groups in total. The van der Waals surface area contributed by atoms with Crippen molar-refractivity contribution in [3.8, 4) is 11.8 Å². The minimum absolute atomic E-state index is 0.0618. The third-order valence-corrected chi connectivity index (χ3v) is 5.11. The van der Waals surface area contributed by atoms with Crippen molar-refractivity contribution >= 4 is 5.78 Å². The van der Waals surface area contributed by atoms with Gasteiger partial charge >= 0.3 is 0 Å². The van der Waals surface area contributed by atoms with Crippen LogP contribution in [0.2, 0.25) is 0 Å². The molecule has 1 aromatic carbocycles. The molecule has 1 aliphatic heterocycles. The maximum absolute atomic E-state index is 12.9. The summed E-state index contributed by atoms with van der Waals surface area (Å²) in [4.78, 5) is 12.9. The van der Waals surface area contributed by atoms with Crippen molar-refractivity contribution in [3.63, 3.8) is 0 Å². The summed E-state index contributed by atoms with van der Waals surface area (Å²) in [7, 11) is 1.64. The quantitative estimate of drug-likeness (QED) is 0.882. The molecule has 1 atom stereocenters. The first-order valence-electron chi connectivity index (χ1n) is 8.56. The first kappa shape index (κ1) is 17.3. The Morgan fingerprint density at radius 3 is 2.60 bits per heavy atom. The molecule has 0 saturated heterocycles. The van der Waals surface area contributed by atoms with Gasteiger partial charge < -0.3 is 10.1 Å². The van der Waals surface area contributed by atoms with Gasteiger partial charge in [-0.05, 0) is 42.9 Å². The standard InChI is InChI=1S/C21H24N2O2/c1-12-8-14(6-7-18(12)25-5)19-15(11-22)13(2)23-16-9-21(3,4)10-17(24)20(16)19/h6-8,19,23H,9-10H2,1-5H3/t19-/m0/s1. The molecule has 3 rings (SSSR count). The highest BCUT2D eigenvalue weighted by atomic mass is 16.5. The number of carbonyl (C=O) groups excluding carboxylic acids is 1. The van der Waals surface area contributed by atoms with Crippen LogP contribution >= 0.6 is 0 Å². The van der Waals surface area contributed by atoms with Crippen molar-refractivity contribution in [2.24, 2.45) is 5.41 Å². The van der Waals surface area contributed by atoms with Gasteiger partial charge in [0.1, 0.15) is 5.75 Å². The van der Waals surface area contributed by atoms with E-state index in [1.54, 1.807) is 7.11 Å². The molecule has 0 amide bonds. The minimum atomic E-state index is -0.297. The summed E-state index contributed by atoms with van der Waals surface area (Å²) in [5.41, 5.74) is 5.09. The van der Waals surface area contributed by atoms with Crippen LogP contribution < -0.4 is 10.1 Å². The van der Waals surface area contributed by atoms with Gasteiger partial charge in [-0.15, -0.1) is 0 Å². The van der Waals surface area contributed by atoms with Gasteiger partial charge in [-0.25, -0.2) is 0 Å². The summed E-state index contributed by atoms with van der Waals surface area (Å²) in [6, 6.07) is 8.22. The Morgan fingerprint density at radius 2 is 2.00 bits per heavy atom. The Bertz CT molecular complexity index is 853. The van der Waals surface area contributed by atoms with Crippen molar-refractivity contribution in [3.05, 3.63) is 51.9 Å². The number of ether oxygens (including phenoxy) is 1. The van der Waals surface area contributed by atoms with E-state index >= 15 is 0 Å². The van der Waals surface area contributed by atoms with Crippen LogP contribution in [0.5, 0.6) is 5.75 Å². The molecule has 25 heavy (non-hydrogen) atoms. The van der Waals surface area contributed by atoms with Gasteiger partial charge in [0.05, 0.1) is 24.7 Å². The van der Waals surface area contributed by atoms with Crippen LogP contribution in [0.4, 0.5) is 0 Å². The number of methoxy groups -OCH3 is 1. The Balaban J connectivity index is 2.18. The van der Waals surface area contributed by atoms with Gasteiger partial charge in [0.15, 0.2) is 5.78 Å². The van der Waals surface area contributed by atoms with E-state index in [-0.39, 0.29) is 17.1 Å². The summed E-state index contributed by atoms with van der Waals surface area (Å²) in [5.74, 6) is 0.647. The Labute approximate surface area is 149 Å². The zero-order valence-corrected chi connectivity index (χ0v) is 15.5. The number of hydrogen-bond acceptors (Lipinski definition) is 4. The smallest absolute Gasteiger partial charge is 0.162 e. The van der Waals surface area contributed by atoms with Gasteiger partial charge in [-0.1, -0.05) is 26.0 Å². The van der Waals surface area contributed by atoms with Crippen LogP contribution in [0, 0.1) is 23.7 Å². The van der Waals surface area contributed by atoms with Crippen molar-refractivity contribution < 1.29 is 9.53 Å². The van der Waals surface area contributed by atoms with Gasteiger partial charge in [0.25, 0.3) is 0 Å². The van der Waals surface area contributed by atoms with Gasteiger partial charge in [-0.2, -0.15) is 5.26 Å². The summed E-state index contributed by atoms with van der Waals surface area (Å²) in [6.07, 6.45) is 1.33. The number of benzene rings is 1. The largest absolute Gasteiger partial charge is 0.496 e. The van der Waals surface area contributed by atoms with Crippen LogP contribution in [-0.4, -0.2) is 12.9 Å². The summed E-state index contributed by atoms with van der Waals surface area (Å²) >= 11 is 0. The molecule has 0 radical (unpaired) electrons. The number of nitrogens with one attached hydrogen (secondary N) is 1. The summed E-state index contributed by atoms with van der Waals surface area (Å²) in [5, 5.41) is 13.1. The van der Waals surface area contributed by atoms with Crippen molar-refractivity contribution in [2.75, 3.05) is 7.11 Å². The number of aryl methyl sites for hydroxylation is 1. The van der Waals surface area contributed by atoms with E-state index in [9.17, 15) is 10.1 Å². The van der Waals surface area contributed by atoms with E-state index in [4.69, 9.17) is 4.74 Å². The lowest BCUT2D eigenvalue weighted by atomic mass is 9.69. The van der Waals surface area contributed by atoms with Crippen molar-refractivity contribution in [1.29, 1.82) is 5.26 Å². The zero-order valence-electron chi connectivity index (χ0n) is 15.5. The van der Waals surface area contributed by atoms with E-state index in [0.29, 0.717) is 12.0 Å². The number of ketones is 1. The second-order valence-electron chi connectivity index (χ2n) is 7.77. The van der Waals surface area contributed by atoms with Crippen molar-refractivity contribution in [2.45, 2.75) is 46.5 Å². The van der Waals surface area contributed by atoms with Crippen LogP contribution in [-0.2, 0) is 4.79 Å². The fourth-order valence-corrected chi connectivity index (χ4v) is 4.00.